The summed E-state index contributed by atoms with van der Waals surface area (Å²) in [5.74, 6) is 0.300. The van der Waals surface area contributed by atoms with Crippen LogP contribution in [0.25, 0.3) is 0 Å². The van der Waals surface area contributed by atoms with Gasteiger partial charge in [0.2, 0.25) is 0 Å². The molecule has 2 rings (SSSR count). The van der Waals surface area contributed by atoms with E-state index in [1.807, 2.05) is 6.07 Å². The van der Waals surface area contributed by atoms with Gasteiger partial charge in [0.25, 0.3) is 5.91 Å². The number of anilines is 2. The van der Waals surface area contributed by atoms with E-state index in [1.54, 1.807) is 30.5 Å². The number of amides is 1. The van der Waals surface area contributed by atoms with Gasteiger partial charge >= 0.3 is 0 Å². The van der Waals surface area contributed by atoms with Crippen molar-refractivity contribution in [1.82, 2.24) is 9.97 Å². The van der Waals surface area contributed by atoms with Crippen molar-refractivity contribution in [2.75, 3.05) is 17.2 Å². The molecule has 0 saturated carbocycles. The molecule has 0 aliphatic rings. The van der Waals surface area contributed by atoms with Crippen LogP contribution in [0.5, 0.6) is 0 Å². The number of hydrogen-bond acceptors (Lipinski definition) is 5. The van der Waals surface area contributed by atoms with Crippen LogP contribution in [-0.2, 0) is 0 Å². The highest BCUT2D eigenvalue weighted by Gasteiger charge is 2.08. The van der Waals surface area contributed by atoms with E-state index >= 15 is 0 Å². The molecule has 0 atom stereocenters. The zero-order valence-electron chi connectivity index (χ0n) is 13.0. The normalized spacial score (nSPS) is 9.91. The lowest BCUT2D eigenvalue weighted by Gasteiger charge is -2.07. The SMILES string of the molecule is CCCCCNc1cnc(C(=O)Nc2cccc(C#N)c2)cn1. The van der Waals surface area contributed by atoms with Crippen molar-refractivity contribution in [3.05, 3.63) is 47.9 Å². The Morgan fingerprint density at radius 2 is 2.13 bits per heavy atom. The minimum Gasteiger partial charge on any atom is -0.369 e. The maximum Gasteiger partial charge on any atom is 0.275 e. The van der Waals surface area contributed by atoms with Crippen molar-refractivity contribution < 1.29 is 4.79 Å². The average Bonchev–Trinajstić information content (AvgIpc) is 2.59. The molecule has 0 fully saturated rings. The van der Waals surface area contributed by atoms with Crippen LogP contribution in [0, 0.1) is 11.3 Å². The predicted octanol–water partition coefficient (Wildman–Crippen LogP) is 3.20. The van der Waals surface area contributed by atoms with E-state index in [-0.39, 0.29) is 11.6 Å². The molecular formula is C17H19N5O. The smallest absolute Gasteiger partial charge is 0.275 e. The number of carbonyl (C=O) groups excluding carboxylic acids is 1. The number of unbranched alkanes of at least 4 members (excludes halogenated alkanes) is 2. The van der Waals surface area contributed by atoms with Crippen molar-refractivity contribution in [3.8, 4) is 6.07 Å². The van der Waals surface area contributed by atoms with Crippen LogP contribution in [0.3, 0.4) is 0 Å². The second-order valence-electron chi connectivity index (χ2n) is 5.07. The van der Waals surface area contributed by atoms with E-state index in [1.165, 1.54) is 19.0 Å². The maximum absolute atomic E-state index is 12.1. The van der Waals surface area contributed by atoms with Gasteiger partial charge in [-0.3, -0.25) is 4.79 Å². The largest absolute Gasteiger partial charge is 0.369 e. The van der Waals surface area contributed by atoms with E-state index in [0.29, 0.717) is 17.1 Å². The van der Waals surface area contributed by atoms with Crippen molar-refractivity contribution in [2.24, 2.45) is 0 Å². The fraction of sp³-hybridized carbons (Fsp3) is 0.294. The zero-order valence-corrected chi connectivity index (χ0v) is 13.0. The summed E-state index contributed by atoms with van der Waals surface area (Å²) in [5.41, 5.74) is 1.27. The Kier molecular flexibility index (Phi) is 6.07. The number of rotatable bonds is 7. The van der Waals surface area contributed by atoms with Gasteiger partial charge in [-0.05, 0) is 24.6 Å². The topological polar surface area (TPSA) is 90.7 Å². The van der Waals surface area contributed by atoms with Gasteiger partial charge in [-0.2, -0.15) is 5.26 Å². The number of nitriles is 1. The van der Waals surface area contributed by atoms with Crippen LogP contribution in [0.15, 0.2) is 36.7 Å². The van der Waals surface area contributed by atoms with Crippen molar-refractivity contribution >= 4 is 17.4 Å². The molecule has 2 N–H and O–H groups in total. The second-order valence-corrected chi connectivity index (χ2v) is 5.07. The van der Waals surface area contributed by atoms with E-state index in [2.05, 4.69) is 27.5 Å². The quantitative estimate of drug-likeness (QED) is 0.766. The van der Waals surface area contributed by atoms with Gasteiger partial charge < -0.3 is 10.6 Å². The molecule has 23 heavy (non-hydrogen) atoms. The van der Waals surface area contributed by atoms with Crippen LogP contribution in [-0.4, -0.2) is 22.4 Å². The Hall–Kier alpha value is -2.94. The summed E-state index contributed by atoms with van der Waals surface area (Å²) in [6.45, 7) is 2.99. The fourth-order valence-electron chi connectivity index (χ4n) is 1.99. The van der Waals surface area contributed by atoms with Gasteiger partial charge in [-0.25, -0.2) is 9.97 Å². The molecule has 0 aliphatic carbocycles. The Balaban J connectivity index is 1.93. The summed E-state index contributed by atoms with van der Waals surface area (Å²) in [6.07, 6.45) is 6.40. The Bertz CT molecular complexity index is 691. The van der Waals surface area contributed by atoms with Gasteiger partial charge in [0, 0.05) is 12.2 Å². The van der Waals surface area contributed by atoms with Gasteiger partial charge in [0.15, 0.2) is 0 Å². The van der Waals surface area contributed by atoms with Crippen LogP contribution in [0.2, 0.25) is 0 Å². The third-order valence-electron chi connectivity index (χ3n) is 3.22. The number of nitrogens with one attached hydrogen (secondary N) is 2. The first kappa shape index (κ1) is 16.4. The number of aromatic nitrogens is 2. The molecule has 0 unspecified atom stereocenters. The van der Waals surface area contributed by atoms with Crippen molar-refractivity contribution in [3.63, 3.8) is 0 Å². The van der Waals surface area contributed by atoms with Crippen LogP contribution in [0.1, 0.15) is 42.2 Å². The molecule has 1 amide bonds. The number of carbonyl (C=O) groups is 1. The molecular weight excluding hydrogens is 290 g/mol. The summed E-state index contributed by atoms with van der Waals surface area (Å²) in [5, 5.41) is 14.7. The lowest BCUT2D eigenvalue weighted by Crippen LogP contribution is -2.14. The number of nitrogens with zero attached hydrogens (tertiary/aromatic N) is 3. The predicted molar refractivity (Wildman–Crippen MR) is 89.2 cm³/mol. The maximum atomic E-state index is 12.1. The van der Waals surface area contributed by atoms with Gasteiger partial charge in [-0.15, -0.1) is 0 Å². The highest BCUT2D eigenvalue weighted by molar-refractivity contribution is 6.02. The number of benzene rings is 1. The lowest BCUT2D eigenvalue weighted by atomic mass is 10.2. The highest BCUT2D eigenvalue weighted by Crippen LogP contribution is 2.11. The van der Waals surface area contributed by atoms with E-state index in [0.717, 1.165) is 13.0 Å². The van der Waals surface area contributed by atoms with Gasteiger partial charge in [-0.1, -0.05) is 25.8 Å². The molecule has 0 saturated heterocycles. The molecule has 0 bridgehead atoms. The molecule has 1 aromatic carbocycles. The van der Waals surface area contributed by atoms with Crippen LogP contribution < -0.4 is 10.6 Å². The average molecular weight is 309 g/mol. The van der Waals surface area contributed by atoms with E-state index in [9.17, 15) is 4.79 Å². The summed E-state index contributed by atoms with van der Waals surface area (Å²) < 4.78 is 0. The van der Waals surface area contributed by atoms with Crippen LogP contribution in [0.4, 0.5) is 11.5 Å². The zero-order chi connectivity index (χ0) is 16.5. The molecule has 6 heteroatoms. The standard InChI is InChI=1S/C17H19N5O/c1-2-3-4-8-19-16-12-20-15(11-21-16)17(23)22-14-7-5-6-13(9-14)10-18/h5-7,9,11-12H,2-4,8H2,1H3,(H,19,21)(H,22,23). The summed E-state index contributed by atoms with van der Waals surface area (Å²) in [4.78, 5) is 20.4. The summed E-state index contributed by atoms with van der Waals surface area (Å²) >= 11 is 0. The van der Waals surface area contributed by atoms with Gasteiger partial charge in [0.1, 0.15) is 11.5 Å². The second kappa shape index (κ2) is 8.49. The van der Waals surface area contributed by atoms with Crippen LogP contribution >= 0.6 is 0 Å². The van der Waals surface area contributed by atoms with E-state index in [4.69, 9.17) is 5.26 Å². The van der Waals surface area contributed by atoms with Crippen molar-refractivity contribution in [1.29, 1.82) is 5.26 Å². The molecule has 2 aromatic rings. The Morgan fingerprint density at radius 3 is 2.83 bits per heavy atom. The summed E-state index contributed by atoms with van der Waals surface area (Å²) in [6, 6.07) is 8.74. The molecule has 0 aliphatic heterocycles. The molecule has 0 radical (unpaired) electrons. The minimum atomic E-state index is -0.356. The molecule has 1 aromatic heterocycles. The third kappa shape index (κ3) is 5.08. The first-order chi connectivity index (χ1) is 11.2. The monoisotopic (exact) mass is 309 g/mol. The first-order valence-corrected chi connectivity index (χ1v) is 7.60. The molecule has 0 spiro atoms. The Labute approximate surface area is 135 Å². The highest BCUT2D eigenvalue weighted by atomic mass is 16.1. The third-order valence-corrected chi connectivity index (χ3v) is 3.22. The fourth-order valence-corrected chi connectivity index (χ4v) is 1.99. The molecule has 6 nitrogen and oxygen atoms in total. The molecule has 1 heterocycles. The molecule has 118 valence electrons. The van der Waals surface area contributed by atoms with E-state index < -0.39 is 0 Å². The summed E-state index contributed by atoms with van der Waals surface area (Å²) in [7, 11) is 0. The minimum absolute atomic E-state index is 0.228. The Morgan fingerprint density at radius 1 is 1.26 bits per heavy atom. The van der Waals surface area contributed by atoms with Gasteiger partial charge in [0.05, 0.1) is 24.0 Å². The van der Waals surface area contributed by atoms with Crippen molar-refractivity contribution in [2.45, 2.75) is 26.2 Å². The lowest BCUT2D eigenvalue weighted by molar-refractivity contribution is 0.102. The first-order valence-electron chi connectivity index (χ1n) is 7.60. The number of hydrogen-bond donors (Lipinski definition) is 2.